The van der Waals surface area contributed by atoms with E-state index in [1.807, 2.05) is 25.1 Å². The highest BCUT2D eigenvalue weighted by molar-refractivity contribution is 7.85. The van der Waals surface area contributed by atoms with Crippen LogP contribution in [0.3, 0.4) is 0 Å². The highest BCUT2D eigenvalue weighted by Gasteiger charge is 2.37. The van der Waals surface area contributed by atoms with Gasteiger partial charge in [-0.05, 0) is 18.6 Å². The van der Waals surface area contributed by atoms with Crippen molar-refractivity contribution < 1.29 is 9.00 Å². The van der Waals surface area contributed by atoms with E-state index in [0.717, 1.165) is 16.9 Å². The lowest BCUT2D eigenvalue weighted by Crippen LogP contribution is -2.55. The molecule has 0 aromatic heterocycles. The van der Waals surface area contributed by atoms with Crippen LogP contribution in [-0.2, 0) is 15.6 Å². The van der Waals surface area contributed by atoms with Crippen LogP contribution in [0.2, 0.25) is 0 Å². The number of benzene rings is 1. The first kappa shape index (κ1) is 10.8. The summed E-state index contributed by atoms with van der Waals surface area (Å²) in [4.78, 5) is 14.1. The molecule has 0 saturated carbocycles. The highest BCUT2D eigenvalue weighted by Crippen LogP contribution is 2.36. The van der Waals surface area contributed by atoms with Crippen molar-refractivity contribution >= 4 is 28.1 Å². The molecule has 17 heavy (non-hydrogen) atoms. The zero-order chi connectivity index (χ0) is 12.0. The van der Waals surface area contributed by atoms with Crippen LogP contribution in [0.1, 0.15) is 5.56 Å². The number of rotatable bonds is 0. The summed E-state index contributed by atoms with van der Waals surface area (Å²) >= 11 is 0. The Morgan fingerprint density at radius 3 is 3.12 bits per heavy atom. The Hall–Kier alpha value is -1.36. The summed E-state index contributed by atoms with van der Waals surface area (Å²) in [5, 5.41) is 2.91. The number of hydrogen-bond donors (Lipinski definition) is 1. The zero-order valence-corrected chi connectivity index (χ0v) is 10.4. The fourth-order valence-corrected chi connectivity index (χ4v) is 3.80. The van der Waals surface area contributed by atoms with E-state index < -0.39 is 10.8 Å². The molecule has 5 heteroatoms. The van der Waals surface area contributed by atoms with E-state index in [9.17, 15) is 9.00 Å². The van der Waals surface area contributed by atoms with E-state index in [2.05, 4.69) is 10.2 Å². The molecule has 2 aliphatic heterocycles. The van der Waals surface area contributed by atoms with Gasteiger partial charge < -0.3 is 10.2 Å². The van der Waals surface area contributed by atoms with Crippen molar-refractivity contribution in [1.29, 1.82) is 0 Å². The maximum Gasteiger partial charge on any atom is 0.248 e. The van der Waals surface area contributed by atoms with Crippen LogP contribution >= 0.6 is 0 Å². The van der Waals surface area contributed by atoms with Crippen molar-refractivity contribution in [2.45, 2.75) is 13.0 Å². The Morgan fingerprint density at radius 2 is 2.29 bits per heavy atom. The van der Waals surface area contributed by atoms with Crippen LogP contribution in [0, 0.1) is 6.92 Å². The van der Waals surface area contributed by atoms with Crippen LogP contribution in [0.15, 0.2) is 18.2 Å². The Balaban J connectivity index is 2.09. The van der Waals surface area contributed by atoms with Crippen LogP contribution in [-0.4, -0.2) is 34.2 Å². The average Bonchev–Trinajstić information content (AvgIpc) is 2.30. The molecular formula is C12H14N2O2S. The maximum atomic E-state index is 12.0. The average molecular weight is 250 g/mol. The number of fused-ring (bicyclic) bond motifs is 3. The second-order valence-electron chi connectivity index (χ2n) is 4.48. The molecule has 0 bridgehead atoms. The maximum absolute atomic E-state index is 12.0. The minimum atomic E-state index is -0.865. The lowest BCUT2D eigenvalue weighted by atomic mass is 10.1. The lowest BCUT2D eigenvalue weighted by Gasteiger charge is -2.41. The standard InChI is InChI=1S/C12H14N2O2S/c1-8-3-2-4-9-11(8)14-5-6-17(16)7-10(14)12(15)13-9/h2-4,10H,5-7H2,1H3,(H,13,15). The van der Waals surface area contributed by atoms with Gasteiger partial charge in [-0.1, -0.05) is 12.1 Å². The van der Waals surface area contributed by atoms with Crippen molar-refractivity contribution in [3.05, 3.63) is 23.8 Å². The Labute approximate surface area is 102 Å². The molecule has 2 aliphatic rings. The molecular weight excluding hydrogens is 236 g/mol. The lowest BCUT2D eigenvalue weighted by molar-refractivity contribution is -0.117. The number of nitrogens with zero attached hydrogens (tertiary/aromatic N) is 1. The molecule has 2 unspecified atom stereocenters. The zero-order valence-electron chi connectivity index (χ0n) is 9.60. The van der Waals surface area contributed by atoms with Gasteiger partial charge in [-0.15, -0.1) is 0 Å². The van der Waals surface area contributed by atoms with E-state index >= 15 is 0 Å². The normalized spacial score (nSPS) is 27.1. The third-order valence-electron chi connectivity index (χ3n) is 3.37. The van der Waals surface area contributed by atoms with Crippen molar-refractivity contribution in [3.63, 3.8) is 0 Å². The first-order valence-corrected chi connectivity index (χ1v) is 7.18. The predicted molar refractivity (Wildman–Crippen MR) is 68.8 cm³/mol. The Morgan fingerprint density at radius 1 is 1.47 bits per heavy atom. The molecule has 2 atom stereocenters. The molecule has 2 heterocycles. The highest BCUT2D eigenvalue weighted by atomic mass is 32.2. The fourth-order valence-electron chi connectivity index (χ4n) is 2.55. The molecule has 1 N–H and O–H groups in total. The van der Waals surface area contributed by atoms with Crippen LogP contribution < -0.4 is 10.2 Å². The van der Waals surface area contributed by atoms with Gasteiger partial charge in [0.2, 0.25) is 5.91 Å². The molecule has 1 aromatic carbocycles. The van der Waals surface area contributed by atoms with E-state index in [-0.39, 0.29) is 11.9 Å². The van der Waals surface area contributed by atoms with E-state index in [4.69, 9.17) is 0 Å². The largest absolute Gasteiger partial charge is 0.356 e. The van der Waals surface area contributed by atoms with Crippen LogP contribution in [0.4, 0.5) is 11.4 Å². The van der Waals surface area contributed by atoms with Gasteiger partial charge in [0, 0.05) is 23.1 Å². The van der Waals surface area contributed by atoms with Crippen molar-refractivity contribution in [3.8, 4) is 0 Å². The molecule has 1 saturated heterocycles. The van der Waals surface area contributed by atoms with Gasteiger partial charge >= 0.3 is 0 Å². The first-order valence-electron chi connectivity index (χ1n) is 5.69. The molecule has 1 amide bonds. The molecule has 0 spiro atoms. The molecule has 0 radical (unpaired) electrons. The van der Waals surface area contributed by atoms with Gasteiger partial charge in [0.05, 0.1) is 17.1 Å². The number of amides is 1. The van der Waals surface area contributed by atoms with Crippen LogP contribution in [0.25, 0.3) is 0 Å². The molecule has 1 aromatic rings. The molecule has 0 aliphatic carbocycles. The molecule has 4 nitrogen and oxygen atoms in total. The SMILES string of the molecule is Cc1cccc2c1N1CCS(=O)CC1C(=O)N2. The van der Waals surface area contributed by atoms with E-state index in [1.54, 1.807) is 0 Å². The van der Waals surface area contributed by atoms with E-state index in [0.29, 0.717) is 18.1 Å². The summed E-state index contributed by atoms with van der Waals surface area (Å²) in [6, 6.07) is 5.64. The van der Waals surface area contributed by atoms with Gasteiger partial charge in [0.25, 0.3) is 0 Å². The molecule has 90 valence electrons. The number of hydrogen-bond acceptors (Lipinski definition) is 3. The fraction of sp³-hybridized carbons (Fsp3) is 0.417. The number of para-hydroxylation sites is 1. The summed E-state index contributed by atoms with van der Waals surface area (Å²) in [6.07, 6.45) is 0. The summed E-state index contributed by atoms with van der Waals surface area (Å²) in [5.41, 5.74) is 3.12. The summed E-state index contributed by atoms with van der Waals surface area (Å²) in [7, 11) is -0.865. The summed E-state index contributed by atoms with van der Waals surface area (Å²) < 4.78 is 11.6. The summed E-state index contributed by atoms with van der Waals surface area (Å²) in [6.45, 7) is 2.74. The van der Waals surface area contributed by atoms with Crippen molar-refractivity contribution in [2.24, 2.45) is 0 Å². The van der Waals surface area contributed by atoms with Gasteiger partial charge in [0.15, 0.2) is 0 Å². The van der Waals surface area contributed by atoms with E-state index in [1.165, 1.54) is 0 Å². The number of carbonyl (C=O) groups excluding carboxylic acids is 1. The number of aryl methyl sites for hydroxylation is 1. The monoisotopic (exact) mass is 250 g/mol. The smallest absolute Gasteiger partial charge is 0.248 e. The van der Waals surface area contributed by atoms with Crippen LogP contribution in [0.5, 0.6) is 0 Å². The van der Waals surface area contributed by atoms with Gasteiger partial charge in [-0.25, -0.2) is 0 Å². The molecule has 1 fully saturated rings. The van der Waals surface area contributed by atoms with Gasteiger partial charge in [-0.2, -0.15) is 0 Å². The van der Waals surface area contributed by atoms with Gasteiger partial charge in [-0.3, -0.25) is 9.00 Å². The number of nitrogens with one attached hydrogen (secondary N) is 1. The second kappa shape index (κ2) is 3.84. The second-order valence-corrected chi connectivity index (χ2v) is 6.10. The van der Waals surface area contributed by atoms with Crippen molar-refractivity contribution in [1.82, 2.24) is 0 Å². The predicted octanol–water partition coefficient (Wildman–Crippen LogP) is 0.884. The summed E-state index contributed by atoms with van der Waals surface area (Å²) in [5.74, 6) is 1.06. The number of anilines is 2. The van der Waals surface area contributed by atoms with Crippen molar-refractivity contribution in [2.75, 3.05) is 28.3 Å². The quantitative estimate of drug-likeness (QED) is 0.744. The topological polar surface area (TPSA) is 49.4 Å². The minimum absolute atomic E-state index is 0.0313. The Kier molecular flexibility index (Phi) is 2.43. The van der Waals surface area contributed by atoms with Gasteiger partial charge in [0.1, 0.15) is 6.04 Å². The Bertz CT molecular complexity index is 515. The third-order valence-corrected chi connectivity index (χ3v) is 4.69. The first-order chi connectivity index (χ1) is 8.16. The third kappa shape index (κ3) is 1.65. The number of carbonyl (C=O) groups is 1. The minimum Gasteiger partial charge on any atom is -0.356 e. The molecule has 3 rings (SSSR count).